The van der Waals surface area contributed by atoms with Crippen LogP contribution in [0.15, 0.2) is 28.8 Å². The van der Waals surface area contributed by atoms with E-state index >= 15 is 0 Å². The number of aryl methyl sites for hydroxylation is 1. The van der Waals surface area contributed by atoms with E-state index in [1.165, 1.54) is 0 Å². The SMILES string of the molecule is N#Cc1cccc(OCCCCc2nc(C3COCCN3)no2)c1. The highest BCUT2D eigenvalue weighted by molar-refractivity contribution is 5.36. The summed E-state index contributed by atoms with van der Waals surface area (Å²) in [4.78, 5) is 4.42. The lowest BCUT2D eigenvalue weighted by Gasteiger charge is -2.20. The first-order valence-electron chi connectivity index (χ1n) is 8.12. The molecule has 1 aromatic heterocycles. The zero-order chi connectivity index (χ0) is 16.6. The third kappa shape index (κ3) is 4.54. The molecule has 1 fully saturated rings. The summed E-state index contributed by atoms with van der Waals surface area (Å²) >= 11 is 0. The number of nitrogens with one attached hydrogen (secondary N) is 1. The normalized spacial score (nSPS) is 17.4. The Morgan fingerprint density at radius 3 is 3.17 bits per heavy atom. The number of morpholine rings is 1. The van der Waals surface area contributed by atoms with Crippen molar-refractivity contribution in [3.8, 4) is 11.8 Å². The standard InChI is InChI=1S/C17H20N4O3/c18-11-13-4-3-5-14(10-13)23-8-2-1-6-16-20-17(21-24-16)15-12-22-9-7-19-15/h3-5,10,15,19H,1-2,6-9,12H2. The van der Waals surface area contributed by atoms with Crippen molar-refractivity contribution in [2.45, 2.75) is 25.3 Å². The molecule has 2 aromatic rings. The Morgan fingerprint density at radius 1 is 1.38 bits per heavy atom. The van der Waals surface area contributed by atoms with Crippen molar-refractivity contribution in [3.05, 3.63) is 41.5 Å². The number of nitrogens with zero attached hydrogens (tertiary/aromatic N) is 3. The van der Waals surface area contributed by atoms with Crippen LogP contribution in [0.1, 0.15) is 36.2 Å². The van der Waals surface area contributed by atoms with Crippen molar-refractivity contribution in [1.82, 2.24) is 15.5 Å². The van der Waals surface area contributed by atoms with E-state index in [4.69, 9.17) is 19.3 Å². The molecule has 3 rings (SSSR count). The van der Waals surface area contributed by atoms with Gasteiger partial charge in [-0.15, -0.1) is 0 Å². The number of nitriles is 1. The maximum absolute atomic E-state index is 8.85. The molecular formula is C17H20N4O3. The third-order valence-corrected chi connectivity index (χ3v) is 3.73. The van der Waals surface area contributed by atoms with E-state index < -0.39 is 0 Å². The van der Waals surface area contributed by atoms with Gasteiger partial charge in [0.15, 0.2) is 5.82 Å². The number of rotatable bonds is 7. The number of ether oxygens (including phenoxy) is 2. The van der Waals surface area contributed by atoms with Gasteiger partial charge >= 0.3 is 0 Å². The molecule has 2 heterocycles. The Hall–Kier alpha value is -2.43. The second-order valence-electron chi connectivity index (χ2n) is 5.57. The van der Waals surface area contributed by atoms with Gasteiger partial charge in [0.1, 0.15) is 5.75 Å². The fourth-order valence-corrected chi connectivity index (χ4v) is 2.47. The van der Waals surface area contributed by atoms with Crippen LogP contribution in [-0.2, 0) is 11.2 Å². The van der Waals surface area contributed by atoms with E-state index in [0.29, 0.717) is 30.5 Å². The number of benzene rings is 1. The zero-order valence-corrected chi connectivity index (χ0v) is 13.4. The van der Waals surface area contributed by atoms with Gasteiger partial charge in [-0.2, -0.15) is 10.2 Å². The fraction of sp³-hybridized carbons (Fsp3) is 0.471. The van der Waals surface area contributed by atoms with Crippen molar-refractivity contribution in [2.75, 3.05) is 26.4 Å². The van der Waals surface area contributed by atoms with E-state index in [-0.39, 0.29) is 6.04 Å². The van der Waals surface area contributed by atoms with E-state index in [1.54, 1.807) is 12.1 Å². The second kappa shape index (κ2) is 8.43. The minimum Gasteiger partial charge on any atom is -0.494 e. The van der Waals surface area contributed by atoms with Crippen LogP contribution in [0.2, 0.25) is 0 Å². The smallest absolute Gasteiger partial charge is 0.226 e. The van der Waals surface area contributed by atoms with Gasteiger partial charge < -0.3 is 19.3 Å². The van der Waals surface area contributed by atoms with Crippen LogP contribution in [0.5, 0.6) is 5.75 Å². The number of aromatic nitrogens is 2. The van der Waals surface area contributed by atoms with Crippen LogP contribution >= 0.6 is 0 Å². The number of unbranched alkanes of at least 4 members (excludes halogenated alkanes) is 1. The summed E-state index contributed by atoms with van der Waals surface area (Å²) in [6.07, 6.45) is 2.50. The average molecular weight is 328 g/mol. The minimum absolute atomic E-state index is 0.0204. The van der Waals surface area contributed by atoms with Gasteiger partial charge in [-0.25, -0.2) is 0 Å². The molecule has 1 atom stereocenters. The van der Waals surface area contributed by atoms with Crippen LogP contribution in [0.3, 0.4) is 0 Å². The van der Waals surface area contributed by atoms with Crippen molar-refractivity contribution in [2.24, 2.45) is 0 Å². The molecule has 1 saturated heterocycles. The van der Waals surface area contributed by atoms with Crippen molar-refractivity contribution < 1.29 is 14.0 Å². The van der Waals surface area contributed by atoms with Gasteiger partial charge in [-0.3, -0.25) is 0 Å². The largest absolute Gasteiger partial charge is 0.494 e. The molecule has 0 radical (unpaired) electrons. The summed E-state index contributed by atoms with van der Waals surface area (Å²) in [5, 5.41) is 16.2. The maximum atomic E-state index is 8.85. The number of hydrogen-bond donors (Lipinski definition) is 1. The maximum Gasteiger partial charge on any atom is 0.226 e. The molecule has 1 N–H and O–H groups in total. The fourth-order valence-electron chi connectivity index (χ4n) is 2.47. The molecule has 0 bridgehead atoms. The van der Waals surface area contributed by atoms with Crippen molar-refractivity contribution in [3.63, 3.8) is 0 Å². The minimum atomic E-state index is 0.0204. The molecule has 1 aliphatic heterocycles. The Kier molecular flexibility index (Phi) is 5.77. The van der Waals surface area contributed by atoms with E-state index in [9.17, 15) is 0 Å². The van der Waals surface area contributed by atoms with Gasteiger partial charge in [0, 0.05) is 13.0 Å². The van der Waals surface area contributed by atoms with Gasteiger partial charge in [0.2, 0.25) is 5.89 Å². The molecule has 7 heteroatoms. The van der Waals surface area contributed by atoms with Gasteiger partial charge in [-0.1, -0.05) is 11.2 Å². The summed E-state index contributed by atoms with van der Waals surface area (Å²) in [6.45, 7) is 2.69. The summed E-state index contributed by atoms with van der Waals surface area (Å²) < 4.78 is 16.3. The molecule has 24 heavy (non-hydrogen) atoms. The molecule has 1 aliphatic rings. The van der Waals surface area contributed by atoms with Crippen LogP contribution in [0, 0.1) is 11.3 Å². The monoisotopic (exact) mass is 328 g/mol. The highest BCUT2D eigenvalue weighted by Gasteiger charge is 2.20. The second-order valence-corrected chi connectivity index (χ2v) is 5.57. The van der Waals surface area contributed by atoms with Gasteiger partial charge in [0.25, 0.3) is 0 Å². The molecule has 0 amide bonds. The van der Waals surface area contributed by atoms with Crippen molar-refractivity contribution >= 4 is 0 Å². The van der Waals surface area contributed by atoms with Crippen LogP contribution in [0.4, 0.5) is 0 Å². The highest BCUT2D eigenvalue weighted by Crippen LogP contribution is 2.15. The Balaban J connectivity index is 1.37. The molecule has 1 aromatic carbocycles. The first kappa shape index (κ1) is 16.4. The Labute approximate surface area is 140 Å². The molecule has 126 valence electrons. The van der Waals surface area contributed by atoms with E-state index in [2.05, 4.69) is 21.5 Å². The average Bonchev–Trinajstić information content (AvgIpc) is 3.11. The Bertz CT molecular complexity index is 689. The van der Waals surface area contributed by atoms with Crippen LogP contribution in [0.25, 0.3) is 0 Å². The molecular weight excluding hydrogens is 308 g/mol. The molecule has 7 nitrogen and oxygen atoms in total. The summed E-state index contributed by atoms with van der Waals surface area (Å²) in [7, 11) is 0. The first-order chi connectivity index (χ1) is 11.8. The topological polar surface area (TPSA) is 93.2 Å². The highest BCUT2D eigenvalue weighted by atomic mass is 16.5. The molecule has 0 aliphatic carbocycles. The lowest BCUT2D eigenvalue weighted by Crippen LogP contribution is -2.35. The third-order valence-electron chi connectivity index (χ3n) is 3.73. The van der Waals surface area contributed by atoms with Crippen LogP contribution < -0.4 is 10.1 Å². The van der Waals surface area contributed by atoms with Crippen LogP contribution in [-0.4, -0.2) is 36.5 Å². The van der Waals surface area contributed by atoms with Gasteiger partial charge in [0.05, 0.1) is 37.5 Å². The lowest BCUT2D eigenvalue weighted by molar-refractivity contribution is 0.0734. The molecule has 0 spiro atoms. The van der Waals surface area contributed by atoms with Crippen molar-refractivity contribution in [1.29, 1.82) is 5.26 Å². The molecule has 0 saturated carbocycles. The summed E-state index contributed by atoms with van der Waals surface area (Å²) in [5.41, 5.74) is 0.603. The predicted molar refractivity (Wildman–Crippen MR) is 85.5 cm³/mol. The summed E-state index contributed by atoms with van der Waals surface area (Å²) in [6, 6.07) is 9.28. The zero-order valence-electron chi connectivity index (χ0n) is 13.4. The lowest BCUT2D eigenvalue weighted by atomic mass is 10.2. The number of hydrogen-bond acceptors (Lipinski definition) is 7. The quantitative estimate of drug-likeness (QED) is 0.777. The Morgan fingerprint density at radius 2 is 2.33 bits per heavy atom. The first-order valence-corrected chi connectivity index (χ1v) is 8.12. The molecule has 1 unspecified atom stereocenters. The van der Waals surface area contributed by atoms with E-state index in [0.717, 1.165) is 38.2 Å². The summed E-state index contributed by atoms with van der Waals surface area (Å²) in [5.74, 6) is 2.02. The predicted octanol–water partition coefficient (Wildman–Crippen LogP) is 2.00. The van der Waals surface area contributed by atoms with Gasteiger partial charge in [-0.05, 0) is 31.0 Å². The van der Waals surface area contributed by atoms with E-state index in [1.807, 2.05) is 12.1 Å².